The lowest BCUT2D eigenvalue weighted by molar-refractivity contribution is -0.134. The molecule has 0 bridgehead atoms. The van der Waals surface area contributed by atoms with Crippen LogP contribution < -0.4 is 9.64 Å². The van der Waals surface area contributed by atoms with E-state index in [0.717, 1.165) is 13.0 Å². The quantitative estimate of drug-likeness (QED) is 0.314. The van der Waals surface area contributed by atoms with Gasteiger partial charge < -0.3 is 14.7 Å². The van der Waals surface area contributed by atoms with Gasteiger partial charge in [0.05, 0.1) is 12.5 Å². The number of aryl methyl sites for hydroxylation is 1. The fourth-order valence-corrected chi connectivity index (χ4v) is 7.52. The molecule has 2 aromatic heterocycles. The number of methoxy groups -OCH3 is 1. The Kier molecular flexibility index (Phi) is 7.10. The van der Waals surface area contributed by atoms with Crippen LogP contribution in [0.15, 0.2) is 30.5 Å². The molecule has 230 valence electrons. The average molecular weight is 606 g/mol. The molecule has 3 aliphatic heterocycles. The van der Waals surface area contributed by atoms with Gasteiger partial charge in [0.1, 0.15) is 40.6 Å². The predicted octanol–water partition coefficient (Wildman–Crippen LogP) is 5.76. The third-order valence-electron chi connectivity index (χ3n) is 9.54. The topological polar surface area (TPSA) is 91.7 Å². The molecule has 8 rings (SSSR count). The van der Waals surface area contributed by atoms with Gasteiger partial charge in [0.25, 0.3) is 0 Å². The molecule has 4 fully saturated rings. The number of aromatic hydroxyl groups is 1. The number of phenols is 1. The van der Waals surface area contributed by atoms with E-state index in [1.165, 1.54) is 44.3 Å². The number of fused-ring (bicyclic) bond motifs is 3. The number of Topliss-reactive ketones (excluding diaryl/α,β-unsaturated/α-hetero) is 1. The Labute approximate surface area is 252 Å². The highest BCUT2D eigenvalue weighted by molar-refractivity contribution is 6.02. The van der Waals surface area contributed by atoms with Gasteiger partial charge in [0, 0.05) is 55.7 Å². The minimum Gasteiger partial charge on any atom is -0.508 e. The van der Waals surface area contributed by atoms with E-state index < -0.39 is 17.8 Å². The van der Waals surface area contributed by atoms with Gasteiger partial charge in [0.15, 0.2) is 5.82 Å². The first-order valence-electron chi connectivity index (χ1n) is 15.2. The van der Waals surface area contributed by atoms with E-state index >= 15 is 4.39 Å². The number of benzene rings is 2. The molecule has 0 amide bonds. The second-order valence-corrected chi connectivity index (χ2v) is 12.6. The van der Waals surface area contributed by atoms with Crippen LogP contribution >= 0.6 is 0 Å². The molecular weight excluding hydrogens is 571 g/mol. The van der Waals surface area contributed by atoms with Crippen LogP contribution in [0.1, 0.15) is 44.6 Å². The number of pyridine rings is 1. The standard InChI is InChI=1S/C26H22F2N4O3.C7H12FN/c1-3-16-19(27)5-4-13-6-14(33)7-17(20(13)16)22-21(28)23-18(10-29-22)24(31-25(30-23)35-2)32-11-26(12-32)8-15(34)9-26;8-6-4-7-2-1-3-9(7)5-6/h4-7,10,33H,3,8-9,11-12H2,1-2H3;6-7H,1-5H2/t;6-,7?/m.1/s1. The Morgan fingerprint density at radius 3 is 2.66 bits per heavy atom. The first-order chi connectivity index (χ1) is 21.2. The summed E-state index contributed by atoms with van der Waals surface area (Å²) in [6, 6.07) is 6.43. The number of hydrogen-bond acceptors (Lipinski definition) is 8. The lowest BCUT2D eigenvalue weighted by Crippen LogP contribution is -2.63. The molecule has 4 aromatic rings. The summed E-state index contributed by atoms with van der Waals surface area (Å²) < 4.78 is 48.6. The van der Waals surface area contributed by atoms with Crippen molar-refractivity contribution in [1.29, 1.82) is 0 Å². The number of alkyl halides is 1. The van der Waals surface area contributed by atoms with Crippen molar-refractivity contribution < 1.29 is 27.8 Å². The Hall–Kier alpha value is -3.99. The number of carbonyl (C=O) groups is 1. The summed E-state index contributed by atoms with van der Waals surface area (Å²) in [4.78, 5) is 28.9. The third kappa shape index (κ3) is 4.81. The van der Waals surface area contributed by atoms with Crippen molar-refractivity contribution in [3.63, 3.8) is 0 Å². The van der Waals surface area contributed by atoms with Gasteiger partial charge in [-0.2, -0.15) is 9.97 Å². The molecule has 1 N–H and O–H groups in total. The van der Waals surface area contributed by atoms with Crippen molar-refractivity contribution >= 4 is 33.3 Å². The van der Waals surface area contributed by atoms with Crippen molar-refractivity contribution in [3.8, 4) is 23.0 Å². The molecule has 44 heavy (non-hydrogen) atoms. The highest BCUT2D eigenvalue weighted by atomic mass is 19.1. The Bertz CT molecular complexity index is 1770. The minimum absolute atomic E-state index is 0.00949. The van der Waals surface area contributed by atoms with E-state index in [-0.39, 0.29) is 39.7 Å². The zero-order valence-corrected chi connectivity index (χ0v) is 24.7. The predicted molar refractivity (Wildman–Crippen MR) is 161 cm³/mol. The second-order valence-electron chi connectivity index (χ2n) is 12.6. The van der Waals surface area contributed by atoms with E-state index in [2.05, 4.69) is 19.9 Å². The fourth-order valence-electron chi connectivity index (χ4n) is 7.52. The maximum absolute atomic E-state index is 16.1. The normalized spacial score (nSPS) is 22.1. The number of hydrogen-bond donors (Lipinski definition) is 1. The zero-order valence-electron chi connectivity index (χ0n) is 24.7. The Morgan fingerprint density at radius 1 is 1.16 bits per heavy atom. The lowest BCUT2D eigenvalue weighted by atomic mass is 9.63. The van der Waals surface area contributed by atoms with Crippen LogP contribution in [-0.4, -0.2) is 76.2 Å². The van der Waals surface area contributed by atoms with Crippen molar-refractivity contribution in [3.05, 3.63) is 47.7 Å². The number of rotatable bonds is 4. The van der Waals surface area contributed by atoms with E-state index in [1.54, 1.807) is 6.07 Å². The number of halogens is 3. The van der Waals surface area contributed by atoms with Gasteiger partial charge in [-0.15, -0.1) is 0 Å². The molecule has 4 aliphatic rings. The number of carbonyl (C=O) groups excluding carboxylic acids is 1. The summed E-state index contributed by atoms with van der Waals surface area (Å²) in [7, 11) is 1.41. The van der Waals surface area contributed by atoms with E-state index in [1.807, 2.05) is 11.8 Å². The van der Waals surface area contributed by atoms with Gasteiger partial charge in [-0.3, -0.25) is 14.7 Å². The number of ether oxygens (including phenoxy) is 1. The van der Waals surface area contributed by atoms with E-state index in [4.69, 9.17) is 4.74 Å². The highest BCUT2D eigenvalue weighted by Crippen LogP contribution is 2.48. The molecule has 11 heteroatoms. The van der Waals surface area contributed by atoms with E-state index in [0.29, 0.717) is 72.5 Å². The first kappa shape index (κ1) is 28.8. The smallest absolute Gasteiger partial charge is 0.318 e. The Balaban J connectivity index is 0.000000296. The minimum atomic E-state index is -0.711. The molecule has 5 heterocycles. The highest BCUT2D eigenvalue weighted by Gasteiger charge is 2.52. The third-order valence-corrected chi connectivity index (χ3v) is 9.54. The molecule has 8 nitrogen and oxygen atoms in total. The maximum Gasteiger partial charge on any atom is 0.318 e. The SMILES string of the molecule is CCc1c(F)ccc2cc(O)cc(-c3ncc4c(N5CC6(CC(=O)C6)C5)nc(OC)nc4c3F)c12.F[C@@H]1CC2CCCN2C1. The van der Waals surface area contributed by atoms with Crippen molar-refractivity contribution in [2.45, 2.75) is 57.7 Å². The molecule has 1 saturated carbocycles. The van der Waals surface area contributed by atoms with Gasteiger partial charge in [-0.25, -0.2) is 13.2 Å². The second kappa shape index (κ2) is 10.9. The summed E-state index contributed by atoms with van der Waals surface area (Å²) in [6.45, 7) is 4.97. The summed E-state index contributed by atoms with van der Waals surface area (Å²) in [5, 5.41) is 11.8. The van der Waals surface area contributed by atoms with Gasteiger partial charge in [-0.1, -0.05) is 13.0 Å². The summed E-state index contributed by atoms with van der Waals surface area (Å²) >= 11 is 0. The number of aromatic nitrogens is 3. The largest absolute Gasteiger partial charge is 0.508 e. The van der Waals surface area contributed by atoms with Gasteiger partial charge >= 0.3 is 6.01 Å². The maximum atomic E-state index is 16.1. The molecule has 0 radical (unpaired) electrons. The molecule has 2 aromatic carbocycles. The van der Waals surface area contributed by atoms with Crippen LogP contribution in [0.3, 0.4) is 0 Å². The number of anilines is 1. The molecule has 2 atom stereocenters. The fraction of sp³-hybridized carbons (Fsp3) is 0.455. The van der Waals surface area contributed by atoms with Gasteiger partial charge in [-0.05, 0) is 66.8 Å². The van der Waals surface area contributed by atoms with Crippen molar-refractivity contribution in [1.82, 2.24) is 19.9 Å². The van der Waals surface area contributed by atoms with Crippen LogP contribution in [0.4, 0.5) is 19.0 Å². The lowest BCUT2D eigenvalue weighted by Gasteiger charge is -2.55. The molecular formula is C33H34F3N5O3. The molecule has 1 aliphatic carbocycles. The van der Waals surface area contributed by atoms with Crippen molar-refractivity contribution in [2.24, 2.45) is 5.41 Å². The first-order valence-corrected chi connectivity index (χ1v) is 15.2. The van der Waals surface area contributed by atoms with Crippen LogP contribution in [0.25, 0.3) is 32.9 Å². The zero-order chi connectivity index (χ0) is 30.7. The van der Waals surface area contributed by atoms with E-state index in [9.17, 15) is 18.7 Å². The van der Waals surface area contributed by atoms with Crippen LogP contribution in [0.5, 0.6) is 11.8 Å². The molecule has 1 spiro atoms. The monoisotopic (exact) mass is 605 g/mol. The average Bonchev–Trinajstić information content (AvgIpc) is 3.55. The van der Waals surface area contributed by atoms with Crippen LogP contribution in [0, 0.1) is 17.0 Å². The number of ketones is 1. The number of phenolic OH excluding ortho intramolecular Hbond substituents is 1. The van der Waals surface area contributed by atoms with Gasteiger partial charge in [0.2, 0.25) is 0 Å². The van der Waals surface area contributed by atoms with Crippen LogP contribution in [-0.2, 0) is 11.2 Å². The summed E-state index contributed by atoms with van der Waals surface area (Å²) in [6.07, 6.45) is 5.81. The molecule has 1 unspecified atom stereocenters. The molecule has 3 saturated heterocycles. The Morgan fingerprint density at radius 2 is 1.95 bits per heavy atom. The van der Waals surface area contributed by atoms with Crippen LogP contribution in [0.2, 0.25) is 0 Å². The summed E-state index contributed by atoms with van der Waals surface area (Å²) in [5.74, 6) is -0.439. The summed E-state index contributed by atoms with van der Waals surface area (Å²) in [5.41, 5.74) is 0.657. The van der Waals surface area contributed by atoms with Crippen molar-refractivity contribution in [2.75, 3.05) is 38.2 Å². The number of nitrogens with zero attached hydrogens (tertiary/aromatic N) is 5.